The SMILES string of the molecule is Cc1ccccc1Nc1nc2nccc(-c3ccc(Cl)cc3)c2c(=O)[nH]1. The minimum absolute atomic E-state index is 0.246. The number of halogens is 1. The van der Waals surface area contributed by atoms with E-state index in [9.17, 15) is 4.79 Å². The third-order valence-corrected chi connectivity index (χ3v) is 4.41. The van der Waals surface area contributed by atoms with Gasteiger partial charge < -0.3 is 5.32 Å². The highest BCUT2D eigenvalue weighted by molar-refractivity contribution is 6.30. The molecule has 26 heavy (non-hydrogen) atoms. The van der Waals surface area contributed by atoms with Crippen LogP contribution in [-0.2, 0) is 0 Å². The van der Waals surface area contributed by atoms with Gasteiger partial charge >= 0.3 is 0 Å². The first-order chi connectivity index (χ1) is 12.6. The molecular weight excluding hydrogens is 348 g/mol. The van der Waals surface area contributed by atoms with Crippen LogP contribution in [0.3, 0.4) is 0 Å². The lowest BCUT2D eigenvalue weighted by molar-refractivity contribution is 1.14. The number of hydrogen-bond donors (Lipinski definition) is 2. The average Bonchev–Trinajstić information content (AvgIpc) is 2.64. The van der Waals surface area contributed by atoms with E-state index in [1.54, 1.807) is 24.4 Å². The summed E-state index contributed by atoms with van der Waals surface area (Å²) in [6.45, 7) is 1.98. The molecule has 5 nitrogen and oxygen atoms in total. The van der Waals surface area contributed by atoms with E-state index in [4.69, 9.17) is 11.6 Å². The van der Waals surface area contributed by atoms with Gasteiger partial charge in [0.1, 0.15) is 0 Å². The number of aryl methyl sites for hydroxylation is 1. The number of H-pyrrole nitrogens is 1. The molecule has 2 N–H and O–H groups in total. The van der Waals surface area contributed by atoms with Crippen LogP contribution in [0.5, 0.6) is 0 Å². The fraction of sp³-hybridized carbons (Fsp3) is 0.0500. The maximum absolute atomic E-state index is 12.7. The van der Waals surface area contributed by atoms with E-state index < -0.39 is 0 Å². The summed E-state index contributed by atoms with van der Waals surface area (Å²) in [6, 6.07) is 16.9. The smallest absolute Gasteiger partial charge is 0.262 e. The van der Waals surface area contributed by atoms with Crippen molar-refractivity contribution in [1.29, 1.82) is 0 Å². The van der Waals surface area contributed by atoms with Crippen LogP contribution in [0, 0.1) is 6.92 Å². The Morgan fingerprint density at radius 1 is 1.04 bits per heavy atom. The van der Waals surface area contributed by atoms with Crippen LogP contribution in [0.25, 0.3) is 22.2 Å². The van der Waals surface area contributed by atoms with Gasteiger partial charge in [-0.3, -0.25) is 9.78 Å². The predicted molar refractivity (Wildman–Crippen MR) is 105 cm³/mol. The normalized spacial score (nSPS) is 10.8. The van der Waals surface area contributed by atoms with E-state index in [-0.39, 0.29) is 5.56 Å². The van der Waals surface area contributed by atoms with Gasteiger partial charge in [-0.05, 0) is 47.9 Å². The van der Waals surface area contributed by atoms with Gasteiger partial charge in [-0.25, -0.2) is 4.98 Å². The number of nitrogens with zero attached hydrogens (tertiary/aromatic N) is 2. The summed E-state index contributed by atoms with van der Waals surface area (Å²) >= 11 is 5.96. The maximum Gasteiger partial charge on any atom is 0.262 e. The molecule has 0 bridgehead atoms. The first-order valence-electron chi connectivity index (χ1n) is 8.09. The first-order valence-corrected chi connectivity index (χ1v) is 8.47. The number of para-hydroxylation sites is 1. The van der Waals surface area contributed by atoms with Gasteiger partial charge in [0.2, 0.25) is 5.95 Å². The molecule has 0 spiro atoms. The highest BCUT2D eigenvalue weighted by atomic mass is 35.5. The highest BCUT2D eigenvalue weighted by Crippen LogP contribution is 2.26. The molecule has 2 heterocycles. The summed E-state index contributed by atoms with van der Waals surface area (Å²) in [5, 5.41) is 4.24. The number of rotatable bonds is 3. The van der Waals surface area contributed by atoms with Crippen LogP contribution in [0.1, 0.15) is 5.56 Å². The molecule has 4 aromatic rings. The van der Waals surface area contributed by atoms with Gasteiger partial charge in [0.15, 0.2) is 5.65 Å². The molecule has 2 aromatic heterocycles. The van der Waals surface area contributed by atoms with E-state index in [1.165, 1.54) is 0 Å². The zero-order valence-electron chi connectivity index (χ0n) is 14.0. The second-order valence-corrected chi connectivity index (χ2v) is 6.35. The number of hydrogen-bond acceptors (Lipinski definition) is 4. The number of nitrogens with one attached hydrogen (secondary N) is 2. The standard InChI is InChI=1S/C20H15ClN4O/c1-12-4-2-3-5-16(12)23-20-24-18-17(19(26)25-20)15(10-11-22-18)13-6-8-14(21)9-7-13/h2-11H,1H3,(H2,22,23,24,25,26). The maximum atomic E-state index is 12.7. The van der Waals surface area contributed by atoms with Crippen LogP contribution in [-0.4, -0.2) is 15.0 Å². The molecule has 128 valence electrons. The topological polar surface area (TPSA) is 70.7 Å². The molecule has 0 aliphatic rings. The third kappa shape index (κ3) is 3.05. The van der Waals surface area contributed by atoms with Crippen molar-refractivity contribution in [2.45, 2.75) is 6.92 Å². The monoisotopic (exact) mass is 362 g/mol. The van der Waals surface area contributed by atoms with E-state index in [0.717, 1.165) is 22.4 Å². The lowest BCUT2D eigenvalue weighted by Crippen LogP contribution is -2.13. The minimum atomic E-state index is -0.246. The third-order valence-electron chi connectivity index (χ3n) is 4.16. The Kier molecular flexibility index (Phi) is 4.14. The van der Waals surface area contributed by atoms with Crippen molar-refractivity contribution in [3.05, 3.63) is 81.7 Å². The molecule has 6 heteroatoms. The molecule has 0 radical (unpaired) electrons. The van der Waals surface area contributed by atoms with Crippen LogP contribution in [0.4, 0.5) is 11.6 Å². The second-order valence-electron chi connectivity index (χ2n) is 5.92. The molecule has 2 aromatic carbocycles. The Labute approximate surface area is 154 Å². The number of pyridine rings is 1. The molecule has 0 saturated heterocycles. The quantitative estimate of drug-likeness (QED) is 0.554. The Hall–Kier alpha value is -3.18. The molecule has 0 fully saturated rings. The van der Waals surface area contributed by atoms with Crippen LogP contribution < -0.4 is 10.9 Å². The summed E-state index contributed by atoms with van der Waals surface area (Å²) in [4.78, 5) is 24.3. The van der Waals surface area contributed by atoms with Gasteiger partial charge in [-0.2, -0.15) is 4.98 Å². The molecule has 0 aliphatic carbocycles. The molecule has 0 unspecified atom stereocenters. The van der Waals surface area contributed by atoms with Crippen molar-refractivity contribution in [2.24, 2.45) is 0 Å². The van der Waals surface area contributed by atoms with Gasteiger partial charge in [0.25, 0.3) is 5.56 Å². The average molecular weight is 363 g/mol. The summed E-state index contributed by atoms with van der Waals surface area (Å²) < 4.78 is 0. The zero-order valence-corrected chi connectivity index (χ0v) is 14.7. The summed E-state index contributed by atoms with van der Waals surface area (Å²) in [5.74, 6) is 0.359. The molecule has 0 atom stereocenters. The summed E-state index contributed by atoms with van der Waals surface area (Å²) in [6.07, 6.45) is 1.65. The lowest BCUT2D eigenvalue weighted by atomic mass is 10.0. The van der Waals surface area contributed by atoms with Gasteiger partial charge in [-0.15, -0.1) is 0 Å². The van der Waals surface area contributed by atoms with Crippen molar-refractivity contribution < 1.29 is 0 Å². The largest absolute Gasteiger partial charge is 0.325 e. The number of benzene rings is 2. The summed E-state index contributed by atoms with van der Waals surface area (Å²) in [5.41, 5.74) is 3.72. The van der Waals surface area contributed by atoms with Crippen molar-refractivity contribution in [3.63, 3.8) is 0 Å². The Morgan fingerprint density at radius 3 is 2.58 bits per heavy atom. The van der Waals surface area contributed by atoms with E-state index >= 15 is 0 Å². The minimum Gasteiger partial charge on any atom is -0.325 e. The van der Waals surface area contributed by atoms with Crippen LogP contribution >= 0.6 is 11.6 Å². The van der Waals surface area contributed by atoms with E-state index in [2.05, 4.69) is 20.3 Å². The number of aromatic amines is 1. The van der Waals surface area contributed by atoms with Crippen LogP contribution in [0.15, 0.2) is 65.6 Å². The van der Waals surface area contributed by atoms with Crippen LogP contribution in [0.2, 0.25) is 5.02 Å². The fourth-order valence-electron chi connectivity index (χ4n) is 2.83. The molecule has 0 aliphatic heterocycles. The van der Waals surface area contributed by atoms with Crippen molar-refractivity contribution in [3.8, 4) is 11.1 Å². The Balaban J connectivity index is 1.83. The van der Waals surface area contributed by atoms with Crippen molar-refractivity contribution in [1.82, 2.24) is 15.0 Å². The number of anilines is 2. The highest BCUT2D eigenvalue weighted by Gasteiger charge is 2.12. The Bertz CT molecular complexity index is 1150. The second kappa shape index (κ2) is 6.61. The summed E-state index contributed by atoms with van der Waals surface area (Å²) in [7, 11) is 0. The molecular formula is C20H15ClN4O. The predicted octanol–water partition coefficient (Wildman–Crippen LogP) is 4.69. The van der Waals surface area contributed by atoms with E-state index in [1.807, 2.05) is 43.3 Å². The molecule has 4 rings (SSSR count). The first kappa shape index (κ1) is 16.3. The fourth-order valence-corrected chi connectivity index (χ4v) is 2.96. The Morgan fingerprint density at radius 2 is 1.81 bits per heavy atom. The number of fused-ring (bicyclic) bond motifs is 1. The molecule has 0 saturated carbocycles. The van der Waals surface area contributed by atoms with E-state index in [0.29, 0.717) is 22.0 Å². The van der Waals surface area contributed by atoms with Gasteiger partial charge in [0.05, 0.1) is 5.39 Å². The van der Waals surface area contributed by atoms with Gasteiger partial charge in [-0.1, -0.05) is 41.9 Å². The lowest BCUT2D eigenvalue weighted by Gasteiger charge is -2.10. The molecule has 0 amide bonds. The van der Waals surface area contributed by atoms with Crippen molar-refractivity contribution >= 4 is 34.3 Å². The van der Waals surface area contributed by atoms with Crippen molar-refractivity contribution in [2.75, 3.05) is 5.32 Å². The zero-order chi connectivity index (χ0) is 18.1. The van der Waals surface area contributed by atoms with Gasteiger partial charge in [0, 0.05) is 16.9 Å². The number of aromatic nitrogens is 3.